The number of nitro benzene ring substituents is 1. The van der Waals surface area contributed by atoms with Crippen molar-refractivity contribution < 1.29 is 4.92 Å². The molecule has 0 saturated heterocycles. The molecule has 1 heterocycles. The van der Waals surface area contributed by atoms with Gasteiger partial charge in [0.05, 0.1) is 16.2 Å². The van der Waals surface area contributed by atoms with Crippen LogP contribution in [0.5, 0.6) is 0 Å². The second-order valence-electron chi connectivity index (χ2n) is 5.44. The molecule has 3 aromatic rings. The number of aromatic nitrogens is 1. The standard InChI is InChI=1S/C16H16N4O2/c1-8-6-14(20(21)22)9(2)15-12-7-11(10(3)19-17)4-5-13(12)18-16(8)15/h4-7,18H,17H2,1-3H3/b19-10-. The first kappa shape index (κ1) is 14.1. The quantitative estimate of drug-likeness (QED) is 0.327. The molecule has 0 saturated carbocycles. The Labute approximate surface area is 126 Å². The summed E-state index contributed by atoms with van der Waals surface area (Å²) in [6, 6.07) is 7.46. The highest BCUT2D eigenvalue weighted by molar-refractivity contribution is 6.13. The summed E-state index contributed by atoms with van der Waals surface area (Å²) in [5, 5.41) is 16.8. The number of nitro groups is 1. The highest BCUT2D eigenvalue weighted by Crippen LogP contribution is 2.35. The highest BCUT2D eigenvalue weighted by atomic mass is 16.6. The van der Waals surface area contributed by atoms with Crippen molar-refractivity contribution in [1.29, 1.82) is 0 Å². The van der Waals surface area contributed by atoms with Crippen molar-refractivity contribution >= 4 is 33.2 Å². The number of H-pyrrole nitrogens is 1. The maximum absolute atomic E-state index is 11.3. The van der Waals surface area contributed by atoms with Gasteiger partial charge >= 0.3 is 0 Å². The summed E-state index contributed by atoms with van der Waals surface area (Å²) in [5.41, 5.74) is 5.15. The van der Waals surface area contributed by atoms with Crippen LogP contribution >= 0.6 is 0 Å². The normalized spacial score (nSPS) is 12.2. The third-order valence-corrected chi connectivity index (χ3v) is 4.11. The van der Waals surface area contributed by atoms with Crippen LogP contribution < -0.4 is 5.84 Å². The van der Waals surface area contributed by atoms with Gasteiger partial charge in [0.25, 0.3) is 5.69 Å². The van der Waals surface area contributed by atoms with Crippen LogP contribution in [0.4, 0.5) is 5.69 Å². The van der Waals surface area contributed by atoms with Crippen LogP contribution in [0.25, 0.3) is 21.8 Å². The second kappa shape index (κ2) is 4.84. The molecule has 2 aromatic carbocycles. The van der Waals surface area contributed by atoms with E-state index in [9.17, 15) is 10.1 Å². The lowest BCUT2D eigenvalue weighted by Crippen LogP contribution is -1.98. The lowest BCUT2D eigenvalue weighted by Gasteiger charge is -2.04. The van der Waals surface area contributed by atoms with Crippen molar-refractivity contribution in [3.8, 4) is 0 Å². The molecule has 3 rings (SSSR count). The topological polar surface area (TPSA) is 97.3 Å². The number of aromatic amines is 1. The molecule has 0 spiro atoms. The molecule has 6 heteroatoms. The fourth-order valence-corrected chi connectivity index (χ4v) is 2.88. The summed E-state index contributed by atoms with van der Waals surface area (Å²) >= 11 is 0. The summed E-state index contributed by atoms with van der Waals surface area (Å²) in [5.74, 6) is 5.34. The number of aryl methyl sites for hydroxylation is 2. The molecule has 0 aliphatic carbocycles. The molecule has 1 aromatic heterocycles. The minimum atomic E-state index is -0.336. The molecule has 6 nitrogen and oxygen atoms in total. The second-order valence-corrected chi connectivity index (χ2v) is 5.44. The molecule has 0 amide bonds. The van der Waals surface area contributed by atoms with Crippen LogP contribution in [0, 0.1) is 24.0 Å². The summed E-state index contributed by atoms with van der Waals surface area (Å²) in [6.45, 7) is 5.48. The van der Waals surface area contributed by atoms with Gasteiger partial charge in [-0.05, 0) is 44.0 Å². The molecule has 0 aliphatic rings. The number of nitrogens with zero attached hydrogens (tertiary/aromatic N) is 2. The predicted octanol–water partition coefficient (Wildman–Crippen LogP) is 3.53. The minimum Gasteiger partial charge on any atom is -0.354 e. The average molecular weight is 296 g/mol. The minimum absolute atomic E-state index is 0.139. The van der Waals surface area contributed by atoms with Gasteiger partial charge in [-0.3, -0.25) is 10.1 Å². The lowest BCUT2D eigenvalue weighted by molar-refractivity contribution is -0.385. The zero-order valence-electron chi connectivity index (χ0n) is 12.6. The largest absolute Gasteiger partial charge is 0.354 e. The Morgan fingerprint density at radius 2 is 2.05 bits per heavy atom. The van der Waals surface area contributed by atoms with Gasteiger partial charge in [0.1, 0.15) is 0 Å². The zero-order valence-corrected chi connectivity index (χ0v) is 12.6. The van der Waals surface area contributed by atoms with E-state index >= 15 is 0 Å². The van der Waals surface area contributed by atoms with Gasteiger partial charge in [0.15, 0.2) is 0 Å². The number of nitrogens with two attached hydrogens (primary N) is 1. The van der Waals surface area contributed by atoms with E-state index in [-0.39, 0.29) is 10.6 Å². The average Bonchev–Trinajstić information content (AvgIpc) is 2.89. The SMILES string of the molecule is C/C(=N/N)c1ccc2[nH]c3c(C)cc([N+](=O)[O-])c(C)c3c2c1. The van der Waals surface area contributed by atoms with E-state index in [0.29, 0.717) is 5.56 Å². The van der Waals surface area contributed by atoms with E-state index in [1.165, 1.54) is 0 Å². The Kier molecular flexibility index (Phi) is 3.09. The number of hydrogen-bond donors (Lipinski definition) is 2. The molecule has 22 heavy (non-hydrogen) atoms. The van der Waals surface area contributed by atoms with E-state index in [1.807, 2.05) is 32.0 Å². The summed E-state index contributed by atoms with van der Waals surface area (Å²) in [4.78, 5) is 14.3. The van der Waals surface area contributed by atoms with Crippen LogP contribution in [0.1, 0.15) is 23.6 Å². The smallest absolute Gasteiger partial charge is 0.273 e. The van der Waals surface area contributed by atoms with Gasteiger partial charge in [-0.25, -0.2) is 0 Å². The lowest BCUT2D eigenvalue weighted by atomic mass is 10.0. The maximum atomic E-state index is 11.3. The van der Waals surface area contributed by atoms with Gasteiger partial charge in [-0.1, -0.05) is 6.07 Å². The van der Waals surface area contributed by atoms with Gasteiger partial charge in [-0.15, -0.1) is 0 Å². The third kappa shape index (κ3) is 1.92. The van der Waals surface area contributed by atoms with Crippen LogP contribution in [-0.2, 0) is 0 Å². The van der Waals surface area contributed by atoms with Crippen molar-refractivity contribution in [2.24, 2.45) is 10.9 Å². The third-order valence-electron chi connectivity index (χ3n) is 4.11. The molecule has 0 fully saturated rings. The molecule has 0 atom stereocenters. The summed E-state index contributed by atoms with van der Waals surface area (Å²) in [7, 11) is 0. The van der Waals surface area contributed by atoms with E-state index < -0.39 is 0 Å². The Balaban J connectivity index is 2.47. The van der Waals surface area contributed by atoms with Crippen LogP contribution in [0.2, 0.25) is 0 Å². The van der Waals surface area contributed by atoms with E-state index in [4.69, 9.17) is 5.84 Å². The Bertz CT molecular complexity index is 954. The number of fused-ring (bicyclic) bond motifs is 3. The molecule has 0 unspecified atom stereocenters. The maximum Gasteiger partial charge on any atom is 0.273 e. The molecular weight excluding hydrogens is 280 g/mol. The van der Waals surface area contributed by atoms with Gasteiger partial charge < -0.3 is 10.8 Å². The van der Waals surface area contributed by atoms with Crippen LogP contribution in [0.15, 0.2) is 29.4 Å². The van der Waals surface area contributed by atoms with Crippen molar-refractivity contribution in [1.82, 2.24) is 4.98 Å². The van der Waals surface area contributed by atoms with E-state index in [2.05, 4.69) is 10.1 Å². The molecule has 112 valence electrons. The van der Waals surface area contributed by atoms with Crippen molar-refractivity contribution in [3.63, 3.8) is 0 Å². The summed E-state index contributed by atoms with van der Waals surface area (Å²) in [6.07, 6.45) is 0. The van der Waals surface area contributed by atoms with Crippen molar-refractivity contribution in [2.45, 2.75) is 20.8 Å². The number of nitrogens with one attached hydrogen (secondary N) is 1. The van der Waals surface area contributed by atoms with Gasteiger partial charge in [0.2, 0.25) is 0 Å². The van der Waals surface area contributed by atoms with Crippen LogP contribution in [-0.4, -0.2) is 15.6 Å². The van der Waals surface area contributed by atoms with Crippen LogP contribution in [0.3, 0.4) is 0 Å². The number of rotatable bonds is 2. The first-order chi connectivity index (χ1) is 10.4. The van der Waals surface area contributed by atoms with E-state index in [1.54, 1.807) is 13.0 Å². The first-order valence-corrected chi connectivity index (χ1v) is 6.89. The Morgan fingerprint density at radius 1 is 1.32 bits per heavy atom. The molecule has 3 N–H and O–H groups in total. The molecule has 0 radical (unpaired) electrons. The monoisotopic (exact) mass is 296 g/mol. The van der Waals surface area contributed by atoms with Gasteiger partial charge in [0, 0.05) is 27.9 Å². The molecule has 0 bridgehead atoms. The fourth-order valence-electron chi connectivity index (χ4n) is 2.88. The van der Waals surface area contributed by atoms with Crippen molar-refractivity contribution in [2.75, 3.05) is 0 Å². The Morgan fingerprint density at radius 3 is 2.68 bits per heavy atom. The number of hydrazone groups is 1. The number of hydrogen-bond acceptors (Lipinski definition) is 4. The first-order valence-electron chi connectivity index (χ1n) is 6.89. The highest BCUT2D eigenvalue weighted by Gasteiger charge is 2.19. The van der Waals surface area contributed by atoms with Gasteiger partial charge in [-0.2, -0.15) is 5.10 Å². The Hall–Kier alpha value is -2.89. The van der Waals surface area contributed by atoms with Crippen molar-refractivity contribution in [3.05, 3.63) is 51.1 Å². The summed E-state index contributed by atoms with van der Waals surface area (Å²) < 4.78 is 0. The van der Waals surface area contributed by atoms with E-state index in [0.717, 1.165) is 38.6 Å². The molecular formula is C16H16N4O2. The fraction of sp³-hybridized carbons (Fsp3) is 0.188. The number of benzene rings is 2. The predicted molar refractivity (Wildman–Crippen MR) is 88.3 cm³/mol. The molecule has 0 aliphatic heterocycles. The zero-order chi connectivity index (χ0) is 16.0.